The molecule has 2 atom stereocenters. The predicted octanol–water partition coefficient (Wildman–Crippen LogP) is 2.86. The van der Waals surface area contributed by atoms with Crippen molar-refractivity contribution in [1.82, 2.24) is 10.2 Å². The van der Waals surface area contributed by atoms with Crippen LogP contribution >= 0.6 is 23.2 Å². The van der Waals surface area contributed by atoms with Gasteiger partial charge in [0.2, 0.25) is 0 Å². The lowest BCUT2D eigenvalue weighted by atomic mass is 9.88. The summed E-state index contributed by atoms with van der Waals surface area (Å²) in [6.45, 7) is 2.72. The molecule has 1 aromatic rings. The van der Waals surface area contributed by atoms with Crippen LogP contribution in [0.15, 0.2) is 6.07 Å². The third kappa shape index (κ3) is 3.09. The number of aromatic nitrogens is 2. The van der Waals surface area contributed by atoms with Crippen LogP contribution in [0.25, 0.3) is 0 Å². The second-order valence-electron chi connectivity index (χ2n) is 4.69. The van der Waals surface area contributed by atoms with Crippen molar-refractivity contribution in [2.75, 3.05) is 11.4 Å². The van der Waals surface area contributed by atoms with Crippen LogP contribution in [0.5, 0.6) is 0 Å². The lowest BCUT2D eigenvalue weighted by Gasteiger charge is -2.38. The van der Waals surface area contributed by atoms with Gasteiger partial charge in [-0.3, -0.25) is 0 Å². The standard InChI is InChI=1S/C12H15Cl2N3O2/c1-2-7-3-4-17(9(5-7)12(18)19)8-6-10(13)15-16-11(8)14/h6-7,9H,2-5H2,1H3,(H,18,19). The summed E-state index contributed by atoms with van der Waals surface area (Å²) < 4.78 is 0. The van der Waals surface area contributed by atoms with Crippen LogP contribution in [0.1, 0.15) is 26.2 Å². The van der Waals surface area contributed by atoms with Gasteiger partial charge in [0, 0.05) is 12.6 Å². The number of nitrogens with zero attached hydrogens (tertiary/aromatic N) is 3. The van der Waals surface area contributed by atoms with E-state index in [-0.39, 0.29) is 10.3 Å². The Morgan fingerprint density at radius 3 is 2.89 bits per heavy atom. The van der Waals surface area contributed by atoms with Crippen molar-refractivity contribution in [2.24, 2.45) is 5.92 Å². The van der Waals surface area contributed by atoms with Gasteiger partial charge in [0.15, 0.2) is 10.3 Å². The maximum atomic E-state index is 11.4. The molecule has 1 fully saturated rings. The number of rotatable bonds is 3. The van der Waals surface area contributed by atoms with Gasteiger partial charge in [-0.15, -0.1) is 10.2 Å². The van der Waals surface area contributed by atoms with Crippen molar-refractivity contribution < 1.29 is 9.90 Å². The van der Waals surface area contributed by atoms with E-state index in [2.05, 4.69) is 17.1 Å². The molecule has 1 saturated heterocycles. The molecule has 0 amide bonds. The number of anilines is 1. The van der Waals surface area contributed by atoms with E-state index >= 15 is 0 Å². The summed E-state index contributed by atoms with van der Waals surface area (Å²) in [6, 6.07) is 0.982. The van der Waals surface area contributed by atoms with Crippen molar-refractivity contribution in [3.63, 3.8) is 0 Å². The van der Waals surface area contributed by atoms with Crippen molar-refractivity contribution >= 4 is 34.9 Å². The maximum Gasteiger partial charge on any atom is 0.326 e. The molecular formula is C12H15Cl2N3O2. The molecule has 2 unspecified atom stereocenters. The molecule has 0 bridgehead atoms. The number of carboxylic acids is 1. The number of carboxylic acid groups (broad SMARTS) is 1. The van der Waals surface area contributed by atoms with Crippen LogP contribution in [-0.2, 0) is 4.79 Å². The molecule has 2 heterocycles. The average molecular weight is 304 g/mol. The molecule has 0 radical (unpaired) electrons. The zero-order chi connectivity index (χ0) is 14.0. The lowest BCUT2D eigenvalue weighted by Crippen LogP contribution is -2.47. The third-order valence-electron chi connectivity index (χ3n) is 3.58. The van der Waals surface area contributed by atoms with Crippen LogP contribution in [-0.4, -0.2) is 33.9 Å². The van der Waals surface area contributed by atoms with Gasteiger partial charge < -0.3 is 10.0 Å². The first-order valence-corrected chi connectivity index (χ1v) is 6.96. The number of hydrogen-bond acceptors (Lipinski definition) is 4. The van der Waals surface area contributed by atoms with E-state index < -0.39 is 12.0 Å². The molecule has 1 aromatic heterocycles. The van der Waals surface area contributed by atoms with E-state index in [4.69, 9.17) is 23.2 Å². The zero-order valence-corrected chi connectivity index (χ0v) is 12.0. The highest BCUT2D eigenvalue weighted by Gasteiger charge is 2.34. The maximum absolute atomic E-state index is 11.4. The average Bonchev–Trinajstić information content (AvgIpc) is 2.40. The fourth-order valence-corrected chi connectivity index (χ4v) is 2.82. The molecule has 19 heavy (non-hydrogen) atoms. The lowest BCUT2D eigenvalue weighted by molar-refractivity contribution is -0.139. The molecule has 2 rings (SSSR count). The SMILES string of the molecule is CCC1CCN(c2cc(Cl)nnc2Cl)C(C(=O)O)C1. The fraction of sp³-hybridized carbons (Fsp3) is 0.583. The molecule has 1 N–H and O–H groups in total. The Hall–Kier alpha value is -1.07. The minimum atomic E-state index is -0.845. The Morgan fingerprint density at radius 1 is 1.53 bits per heavy atom. The van der Waals surface area contributed by atoms with Crippen molar-refractivity contribution in [2.45, 2.75) is 32.2 Å². The summed E-state index contributed by atoms with van der Waals surface area (Å²) in [6.07, 6.45) is 2.54. The molecule has 0 spiro atoms. The molecule has 7 heteroatoms. The summed E-state index contributed by atoms with van der Waals surface area (Å²) >= 11 is 11.8. The van der Waals surface area contributed by atoms with Gasteiger partial charge in [0.1, 0.15) is 6.04 Å². The summed E-state index contributed by atoms with van der Waals surface area (Å²) in [5.74, 6) is -0.413. The van der Waals surface area contributed by atoms with E-state index in [0.717, 1.165) is 12.8 Å². The van der Waals surface area contributed by atoms with Gasteiger partial charge in [-0.05, 0) is 18.8 Å². The normalized spacial score (nSPS) is 23.4. The number of aliphatic carboxylic acids is 1. The highest BCUT2D eigenvalue weighted by atomic mass is 35.5. The Labute approximate surface area is 121 Å². The quantitative estimate of drug-likeness (QED) is 0.930. The first kappa shape index (κ1) is 14.3. The molecule has 5 nitrogen and oxygen atoms in total. The molecule has 1 aliphatic rings. The first-order chi connectivity index (χ1) is 9.02. The summed E-state index contributed by atoms with van der Waals surface area (Å²) in [5.41, 5.74) is 0.545. The summed E-state index contributed by atoms with van der Waals surface area (Å²) in [5, 5.41) is 17.2. The van der Waals surface area contributed by atoms with Gasteiger partial charge in [0.05, 0.1) is 5.69 Å². The minimum absolute atomic E-state index is 0.186. The smallest absolute Gasteiger partial charge is 0.326 e. The third-order valence-corrected chi connectivity index (χ3v) is 4.04. The van der Waals surface area contributed by atoms with E-state index in [1.165, 1.54) is 0 Å². The summed E-state index contributed by atoms with van der Waals surface area (Å²) in [7, 11) is 0. The van der Waals surface area contributed by atoms with Gasteiger partial charge in [-0.1, -0.05) is 36.5 Å². The van der Waals surface area contributed by atoms with E-state index in [0.29, 0.717) is 24.6 Å². The van der Waals surface area contributed by atoms with Crippen molar-refractivity contribution in [3.05, 3.63) is 16.4 Å². The van der Waals surface area contributed by atoms with Crippen molar-refractivity contribution in [1.29, 1.82) is 0 Å². The monoisotopic (exact) mass is 303 g/mol. The number of carbonyl (C=O) groups is 1. The molecule has 0 saturated carbocycles. The Balaban J connectivity index is 2.31. The number of piperidine rings is 1. The van der Waals surface area contributed by atoms with Gasteiger partial charge in [-0.2, -0.15) is 0 Å². The van der Waals surface area contributed by atoms with E-state index in [1.54, 1.807) is 11.0 Å². The van der Waals surface area contributed by atoms with Crippen molar-refractivity contribution in [3.8, 4) is 0 Å². The van der Waals surface area contributed by atoms with Gasteiger partial charge >= 0.3 is 5.97 Å². The number of halogens is 2. The van der Waals surface area contributed by atoms with Crippen LogP contribution in [0, 0.1) is 5.92 Å². The largest absolute Gasteiger partial charge is 0.480 e. The summed E-state index contributed by atoms with van der Waals surface area (Å²) in [4.78, 5) is 13.2. The molecule has 0 aliphatic carbocycles. The second-order valence-corrected chi connectivity index (χ2v) is 5.43. The van der Waals surface area contributed by atoms with Gasteiger partial charge in [0.25, 0.3) is 0 Å². The highest BCUT2D eigenvalue weighted by molar-refractivity contribution is 6.33. The Kier molecular flexibility index (Phi) is 4.47. The van der Waals surface area contributed by atoms with Crippen LogP contribution < -0.4 is 4.90 Å². The van der Waals surface area contributed by atoms with E-state index in [9.17, 15) is 9.90 Å². The minimum Gasteiger partial charge on any atom is -0.480 e. The zero-order valence-electron chi connectivity index (χ0n) is 10.5. The predicted molar refractivity (Wildman–Crippen MR) is 73.8 cm³/mol. The molecule has 1 aliphatic heterocycles. The van der Waals surface area contributed by atoms with Crippen LogP contribution in [0.3, 0.4) is 0 Å². The fourth-order valence-electron chi connectivity index (χ4n) is 2.48. The van der Waals surface area contributed by atoms with Gasteiger partial charge in [-0.25, -0.2) is 4.79 Å². The molecular weight excluding hydrogens is 289 g/mol. The Morgan fingerprint density at radius 2 is 2.26 bits per heavy atom. The van der Waals surface area contributed by atoms with Crippen LogP contribution in [0.2, 0.25) is 10.3 Å². The Bertz CT molecular complexity index is 484. The molecule has 0 aromatic carbocycles. The van der Waals surface area contributed by atoms with E-state index in [1.807, 2.05) is 0 Å². The second kappa shape index (κ2) is 5.92. The molecule has 104 valence electrons. The topological polar surface area (TPSA) is 66.3 Å². The number of hydrogen-bond donors (Lipinski definition) is 1. The highest BCUT2D eigenvalue weighted by Crippen LogP contribution is 2.33. The van der Waals surface area contributed by atoms with Crippen LogP contribution in [0.4, 0.5) is 5.69 Å². The first-order valence-electron chi connectivity index (χ1n) is 6.21.